The highest BCUT2D eigenvalue weighted by molar-refractivity contribution is 7.80. The van der Waals surface area contributed by atoms with Crippen LogP contribution >= 0.6 is 23.8 Å². The molecule has 8 nitrogen and oxygen atoms in total. The van der Waals surface area contributed by atoms with Crippen molar-refractivity contribution >= 4 is 46.0 Å². The van der Waals surface area contributed by atoms with Gasteiger partial charge in [-0.3, -0.25) is 15.1 Å². The Hall–Kier alpha value is -3.95. The molecule has 6 rings (SSSR count). The van der Waals surface area contributed by atoms with Gasteiger partial charge in [-0.1, -0.05) is 43.6 Å². The number of nitro groups is 1. The van der Waals surface area contributed by atoms with Crippen LogP contribution in [0.2, 0.25) is 5.02 Å². The van der Waals surface area contributed by atoms with Gasteiger partial charge in [-0.15, -0.1) is 0 Å². The quantitative estimate of drug-likeness (QED) is 0.140. The fourth-order valence-corrected chi connectivity index (χ4v) is 6.76. The average molecular weight is 588 g/mol. The van der Waals surface area contributed by atoms with Crippen molar-refractivity contribution in [2.75, 3.05) is 22.9 Å². The van der Waals surface area contributed by atoms with E-state index in [1.165, 1.54) is 18.6 Å². The molecule has 210 valence electrons. The van der Waals surface area contributed by atoms with Crippen molar-refractivity contribution in [3.05, 3.63) is 106 Å². The van der Waals surface area contributed by atoms with Crippen molar-refractivity contribution in [2.24, 2.45) is 11.8 Å². The number of piperidine rings is 1. The number of hydrogen-bond donors (Lipinski definition) is 1. The fraction of sp³-hybridized carbons (Fsp3) is 0.290. The van der Waals surface area contributed by atoms with Crippen LogP contribution in [0.5, 0.6) is 0 Å². The molecule has 4 aromatic rings. The number of anilines is 2. The number of pyridine rings is 1. The molecule has 2 aromatic carbocycles. The first-order chi connectivity index (χ1) is 19.8. The highest BCUT2D eigenvalue weighted by atomic mass is 35.5. The van der Waals surface area contributed by atoms with Gasteiger partial charge in [0.15, 0.2) is 5.11 Å². The number of non-ortho nitro benzene ring substituents is 1. The third-order valence-electron chi connectivity index (χ3n) is 7.78. The lowest BCUT2D eigenvalue weighted by molar-refractivity contribution is -0.384. The number of halogens is 1. The molecule has 4 atom stereocenters. The normalized spacial score (nSPS) is 22.6. The van der Waals surface area contributed by atoms with Crippen LogP contribution in [0.25, 0.3) is 11.3 Å². The number of nitrogens with one attached hydrogen (secondary N) is 1. The number of furan rings is 1. The molecule has 2 aliphatic rings. The summed E-state index contributed by atoms with van der Waals surface area (Å²) in [6.07, 6.45) is 2.97. The zero-order chi connectivity index (χ0) is 28.7. The maximum Gasteiger partial charge on any atom is 0.270 e. The van der Waals surface area contributed by atoms with Crippen LogP contribution in [0, 0.1) is 22.0 Å². The van der Waals surface area contributed by atoms with Crippen LogP contribution < -0.4 is 15.1 Å². The lowest BCUT2D eigenvalue weighted by atomic mass is 9.91. The minimum absolute atomic E-state index is 0.00405. The molecule has 2 aromatic heterocycles. The summed E-state index contributed by atoms with van der Waals surface area (Å²) in [4.78, 5) is 19.9. The summed E-state index contributed by atoms with van der Waals surface area (Å²) in [5, 5.41) is 16.0. The average Bonchev–Trinajstić information content (AvgIpc) is 3.57. The maximum absolute atomic E-state index is 11.3. The lowest BCUT2D eigenvalue weighted by Crippen LogP contribution is -2.38. The van der Waals surface area contributed by atoms with E-state index >= 15 is 0 Å². The number of rotatable bonds is 6. The van der Waals surface area contributed by atoms with E-state index in [9.17, 15) is 10.1 Å². The van der Waals surface area contributed by atoms with Crippen molar-refractivity contribution in [2.45, 2.75) is 32.4 Å². The number of hydrogen-bond acceptors (Lipinski definition) is 6. The first kappa shape index (κ1) is 27.2. The summed E-state index contributed by atoms with van der Waals surface area (Å²) in [6.45, 7) is 6.52. The summed E-state index contributed by atoms with van der Waals surface area (Å²) in [5.41, 5.74) is 3.30. The van der Waals surface area contributed by atoms with E-state index in [2.05, 4.69) is 41.2 Å². The van der Waals surface area contributed by atoms with Gasteiger partial charge in [0.1, 0.15) is 17.6 Å². The van der Waals surface area contributed by atoms with Gasteiger partial charge >= 0.3 is 0 Å². The summed E-state index contributed by atoms with van der Waals surface area (Å²) in [7, 11) is 0. The van der Waals surface area contributed by atoms with Gasteiger partial charge in [-0.05, 0) is 72.9 Å². The maximum atomic E-state index is 11.3. The minimum Gasteiger partial charge on any atom is -0.459 e. The van der Waals surface area contributed by atoms with Gasteiger partial charge in [-0.2, -0.15) is 0 Å². The van der Waals surface area contributed by atoms with E-state index in [4.69, 9.17) is 28.2 Å². The number of nitrogens with zero attached hydrogens (tertiary/aromatic N) is 4. The number of aromatic nitrogens is 1. The number of thiocarbonyl (C=S) groups is 1. The van der Waals surface area contributed by atoms with E-state index in [1.807, 2.05) is 41.3 Å². The highest BCUT2D eigenvalue weighted by Gasteiger charge is 2.43. The molecule has 0 spiro atoms. The molecular formula is C31H30ClN5O3S. The van der Waals surface area contributed by atoms with Crippen LogP contribution in [0.3, 0.4) is 0 Å². The van der Waals surface area contributed by atoms with Gasteiger partial charge < -0.3 is 19.5 Å². The molecule has 0 unspecified atom stereocenters. The molecule has 0 aliphatic carbocycles. The molecule has 1 N–H and O–H groups in total. The molecule has 0 bridgehead atoms. The lowest BCUT2D eigenvalue weighted by Gasteiger charge is -2.37. The molecule has 10 heteroatoms. The van der Waals surface area contributed by atoms with E-state index < -0.39 is 4.92 Å². The zero-order valence-electron chi connectivity index (χ0n) is 22.7. The Morgan fingerprint density at radius 3 is 2.56 bits per heavy atom. The Morgan fingerprint density at radius 2 is 1.85 bits per heavy atom. The molecular weight excluding hydrogens is 558 g/mol. The minimum atomic E-state index is -0.413. The van der Waals surface area contributed by atoms with Crippen molar-refractivity contribution < 1.29 is 9.34 Å². The molecule has 2 aliphatic heterocycles. The Labute approximate surface area is 249 Å². The number of nitro benzene ring substituents is 1. The first-order valence-corrected chi connectivity index (χ1v) is 14.5. The van der Waals surface area contributed by atoms with E-state index in [1.54, 1.807) is 18.3 Å². The summed E-state index contributed by atoms with van der Waals surface area (Å²) in [5.74, 6) is 2.39. The van der Waals surface area contributed by atoms with Gasteiger partial charge in [-0.25, -0.2) is 0 Å². The van der Waals surface area contributed by atoms with Crippen LogP contribution in [-0.2, 0) is 0 Å². The zero-order valence-corrected chi connectivity index (χ0v) is 24.3. The van der Waals surface area contributed by atoms with E-state index in [0.29, 0.717) is 39.1 Å². The largest absolute Gasteiger partial charge is 0.459 e. The predicted molar refractivity (Wildman–Crippen MR) is 165 cm³/mol. The second-order valence-electron chi connectivity index (χ2n) is 11.0. The number of benzene rings is 2. The van der Waals surface area contributed by atoms with Gasteiger partial charge in [0.2, 0.25) is 0 Å². The van der Waals surface area contributed by atoms with Gasteiger partial charge in [0.25, 0.3) is 5.69 Å². The third kappa shape index (κ3) is 5.39. The van der Waals surface area contributed by atoms with Gasteiger partial charge in [0.05, 0.1) is 27.4 Å². The van der Waals surface area contributed by atoms with E-state index in [-0.39, 0.29) is 17.8 Å². The third-order valence-corrected chi connectivity index (χ3v) is 8.39. The molecule has 41 heavy (non-hydrogen) atoms. The molecule has 4 heterocycles. The van der Waals surface area contributed by atoms with Crippen LogP contribution in [0.1, 0.15) is 43.8 Å². The van der Waals surface area contributed by atoms with Crippen molar-refractivity contribution in [1.82, 2.24) is 10.3 Å². The summed E-state index contributed by atoms with van der Waals surface area (Å²) >= 11 is 12.8. The Morgan fingerprint density at radius 1 is 1.05 bits per heavy atom. The highest BCUT2D eigenvalue weighted by Crippen LogP contribution is 2.44. The molecule has 0 amide bonds. The molecule has 2 saturated heterocycles. The van der Waals surface area contributed by atoms with Crippen LogP contribution in [0.15, 0.2) is 83.4 Å². The Balaban J connectivity index is 1.38. The Bertz CT molecular complexity index is 1590. The van der Waals surface area contributed by atoms with Crippen LogP contribution in [0.4, 0.5) is 17.1 Å². The molecule has 2 fully saturated rings. The van der Waals surface area contributed by atoms with Crippen molar-refractivity contribution in [3.63, 3.8) is 0 Å². The second-order valence-corrected chi connectivity index (χ2v) is 11.8. The second kappa shape index (κ2) is 11.1. The standard InChI is InChI=1S/C31H30ClN5O3S/c1-19-14-20(2)18-35(17-19)26-10-9-22(16-24(26)32)36-30(29(34-31(36)41)25-8-3-4-13-33-25)28-12-11-27(40-28)21-6-5-7-23(15-21)37(38)39/h3-13,15-16,19-20,29-30H,14,17-18H2,1-2H3,(H,34,41)/t19-,20+,29-,30-/m1/s1. The monoisotopic (exact) mass is 587 g/mol. The summed E-state index contributed by atoms with van der Waals surface area (Å²) in [6, 6.07) is 21.3. The predicted octanol–water partition coefficient (Wildman–Crippen LogP) is 7.56. The topological polar surface area (TPSA) is 87.7 Å². The SMILES string of the molecule is C[C@@H]1C[C@H](C)CN(c2ccc(N3C(=S)N[C@H](c4ccccn4)[C@H]3c3ccc(-c4cccc([N+](=O)[O-])c4)o3)cc2Cl)C1. The Kier molecular flexibility index (Phi) is 7.40. The summed E-state index contributed by atoms with van der Waals surface area (Å²) < 4.78 is 6.38. The smallest absolute Gasteiger partial charge is 0.270 e. The molecule has 0 saturated carbocycles. The van der Waals surface area contributed by atoms with E-state index in [0.717, 1.165) is 30.2 Å². The molecule has 0 radical (unpaired) electrons. The van der Waals surface area contributed by atoms with Crippen LogP contribution in [-0.4, -0.2) is 28.1 Å². The first-order valence-electron chi connectivity index (χ1n) is 13.7. The van der Waals surface area contributed by atoms with Crippen molar-refractivity contribution in [1.29, 1.82) is 0 Å². The van der Waals surface area contributed by atoms with Crippen molar-refractivity contribution in [3.8, 4) is 11.3 Å². The van der Waals surface area contributed by atoms with Gasteiger partial charge in [0, 0.05) is 42.7 Å². The fourth-order valence-electron chi connectivity index (χ4n) is 6.12.